The number of benzene rings is 2. The van der Waals surface area contributed by atoms with Crippen molar-refractivity contribution in [2.75, 3.05) is 5.32 Å². The van der Waals surface area contributed by atoms with Crippen LogP contribution in [0.4, 0.5) is 5.69 Å². The molecule has 0 atom stereocenters. The van der Waals surface area contributed by atoms with Gasteiger partial charge in [0.25, 0.3) is 0 Å². The maximum absolute atomic E-state index is 12.2. The Hall–Kier alpha value is -1.98. The van der Waals surface area contributed by atoms with Crippen molar-refractivity contribution in [2.45, 2.75) is 13.3 Å². The van der Waals surface area contributed by atoms with E-state index in [9.17, 15) is 4.79 Å². The Balaban J connectivity index is 1.71. The molecule has 0 aliphatic heterocycles. The molecule has 3 aromatic rings. The summed E-state index contributed by atoms with van der Waals surface area (Å²) >= 11 is 5.03. The zero-order chi connectivity index (χ0) is 16.2. The van der Waals surface area contributed by atoms with Crippen LogP contribution in [0.2, 0.25) is 0 Å². The van der Waals surface area contributed by atoms with Crippen LogP contribution in [0.3, 0.4) is 0 Å². The van der Waals surface area contributed by atoms with E-state index in [-0.39, 0.29) is 12.3 Å². The molecule has 0 saturated carbocycles. The summed E-state index contributed by atoms with van der Waals surface area (Å²) in [5.74, 6) is -0.0488. The number of carbonyl (C=O) groups excluding carboxylic acids is 1. The van der Waals surface area contributed by atoms with Crippen molar-refractivity contribution in [2.24, 2.45) is 0 Å². The predicted molar refractivity (Wildman–Crippen MR) is 98.8 cm³/mol. The van der Waals surface area contributed by atoms with E-state index >= 15 is 0 Å². The summed E-state index contributed by atoms with van der Waals surface area (Å²) in [5.41, 5.74) is 3.82. The molecular weight excluding hydrogens is 372 g/mol. The van der Waals surface area contributed by atoms with Gasteiger partial charge in [0, 0.05) is 21.1 Å². The molecule has 2 aromatic carbocycles. The minimum absolute atomic E-state index is 0.0488. The second kappa shape index (κ2) is 7.06. The number of aromatic nitrogens is 1. The van der Waals surface area contributed by atoms with Gasteiger partial charge in [-0.1, -0.05) is 52.3 Å². The molecule has 0 fully saturated rings. The minimum Gasteiger partial charge on any atom is -0.325 e. The molecule has 1 aromatic heterocycles. The molecule has 0 aliphatic carbocycles. The molecule has 116 valence electrons. The quantitative estimate of drug-likeness (QED) is 0.680. The molecule has 23 heavy (non-hydrogen) atoms. The summed E-state index contributed by atoms with van der Waals surface area (Å²) in [6.07, 6.45) is 0.281. The highest BCUT2D eigenvalue weighted by Gasteiger charge is 2.11. The topological polar surface area (TPSA) is 42.0 Å². The molecule has 1 heterocycles. The van der Waals surface area contributed by atoms with Crippen LogP contribution in [0.15, 0.2) is 58.4 Å². The Labute approximate surface area is 147 Å². The van der Waals surface area contributed by atoms with Crippen LogP contribution >= 0.6 is 27.3 Å². The van der Waals surface area contributed by atoms with E-state index in [1.165, 1.54) is 11.3 Å². The maximum Gasteiger partial charge on any atom is 0.231 e. The van der Waals surface area contributed by atoms with Gasteiger partial charge in [0.05, 0.1) is 12.1 Å². The van der Waals surface area contributed by atoms with Crippen molar-refractivity contribution in [3.8, 4) is 11.3 Å². The lowest BCUT2D eigenvalue weighted by Gasteiger charge is -2.06. The van der Waals surface area contributed by atoms with Gasteiger partial charge in [-0.05, 0) is 24.6 Å². The number of nitrogens with one attached hydrogen (secondary N) is 1. The van der Waals surface area contributed by atoms with Gasteiger partial charge in [0.1, 0.15) is 5.01 Å². The smallest absolute Gasteiger partial charge is 0.231 e. The highest BCUT2D eigenvalue weighted by molar-refractivity contribution is 9.10. The van der Waals surface area contributed by atoms with E-state index in [2.05, 4.69) is 26.2 Å². The average molecular weight is 387 g/mol. The van der Waals surface area contributed by atoms with Crippen molar-refractivity contribution < 1.29 is 4.79 Å². The number of nitrogens with zero attached hydrogens (tertiary/aromatic N) is 1. The van der Waals surface area contributed by atoms with Crippen LogP contribution in [0, 0.1) is 6.92 Å². The third-order valence-corrected chi connectivity index (χ3v) is 4.97. The first-order valence-electron chi connectivity index (χ1n) is 7.18. The zero-order valence-corrected chi connectivity index (χ0v) is 14.9. The van der Waals surface area contributed by atoms with E-state index in [0.29, 0.717) is 0 Å². The molecule has 5 heteroatoms. The van der Waals surface area contributed by atoms with Crippen molar-refractivity contribution >= 4 is 38.9 Å². The Morgan fingerprint density at radius 2 is 1.91 bits per heavy atom. The normalized spacial score (nSPS) is 10.5. The summed E-state index contributed by atoms with van der Waals surface area (Å²) in [6.45, 7) is 1.98. The van der Waals surface area contributed by atoms with E-state index in [1.807, 2.05) is 60.8 Å². The van der Waals surface area contributed by atoms with E-state index in [4.69, 9.17) is 0 Å². The number of carbonyl (C=O) groups is 1. The number of aryl methyl sites for hydroxylation is 1. The molecule has 0 aliphatic rings. The predicted octanol–water partition coefficient (Wildman–Crippen LogP) is 5.06. The van der Waals surface area contributed by atoms with Crippen molar-refractivity contribution in [1.82, 2.24) is 4.98 Å². The first-order chi connectivity index (χ1) is 11.1. The molecule has 0 unspecified atom stereocenters. The van der Waals surface area contributed by atoms with Crippen molar-refractivity contribution in [3.05, 3.63) is 69.0 Å². The summed E-state index contributed by atoms with van der Waals surface area (Å²) in [6, 6.07) is 15.7. The number of para-hydroxylation sites is 1. The summed E-state index contributed by atoms with van der Waals surface area (Å²) in [7, 11) is 0. The fourth-order valence-corrected chi connectivity index (χ4v) is 3.51. The van der Waals surface area contributed by atoms with E-state index in [0.717, 1.165) is 32.0 Å². The molecule has 0 spiro atoms. The van der Waals surface area contributed by atoms with Gasteiger partial charge in [-0.2, -0.15) is 0 Å². The average Bonchev–Trinajstić information content (AvgIpc) is 2.98. The van der Waals surface area contributed by atoms with Gasteiger partial charge in [0.15, 0.2) is 0 Å². The SMILES string of the molecule is Cc1ccccc1NC(=O)Cc1nc(-c2ccccc2Br)cs1. The van der Waals surface area contributed by atoms with Gasteiger partial charge in [0.2, 0.25) is 5.91 Å². The Morgan fingerprint density at radius 1 is 1.17 bits per heavy atom. The Bertz CT molecular complexity index is 844. The highest BCUT2D eigenvalue weighted by atomic mass is 79.9. The lowest BCUT2D eigenvalue weighted by atomic mass is 10.2. The number of amides is 1. The van der Waals surface area contributed by atoms with Crippen LogP contribution in [0.25, 0.3) is 11.3 Å². The molecule has 1 N–H and O–H groups in total. The summed E-state index contributed by atoms with van der Waals surface area (Å²) < 4.78 is 1.00. The number of halogens is 1. The molecule has 1 amide bonds. The fourth-order valence-electron chi connectivity index (χ4n) is 2.23. The lowest BCUT2D eigenvalue weighted by Crippen LogP contribution is -2.14. The summed E-state index contributed by atoms with van der Waals surface area (Å²) in [5, 5.41) is 5.73. The molecule has 0 radical (unpaired) electrons. The second-order valence-electron chi connectivity index (χ2n) is 5.15. The molecule has 3 nitrogen and oxygen atoms in total. The van der Waals surface area contributed by atoms with Crippen LogP contribution < -0.4 is 5.32 Å². The molecular formula is C18H15BrN2OS. The van der Waals surface area contributed by atoms with Crippen molar-refractivity contribution in [1.29, 1.82) is 0 Å². The second-order valence-corrected chi connectivity index (χ2v) is 6.94. The van der Waals surface area contributed by atoms with Crippen LogP contribution in [-0.2, 0) is 11.2 Å². The van der Waals surface area contributed by atoms with Crippen LogP contribution in [0.1, 0.15) is 10.6 Å². The third kappa shape index (κ3) is 3.86. The molecule has 3 rings (SSSR count). The minimum atomic E-state index is -0.0488. The molecule has 0 saturated heterocycles. The summed E-state index contributed by atoms with van der Waals surface area (Å²) in [4.78, 5) is 16.8. The van der Waals surface area contributed by atoms with E-state index < -0.39 is 0 Å². The maximum atomic E-state index is 12.2. The number of rotatable bonds is 4. The van der Waals surface area contributed by atoms with Gasteiger partial charge in [-0.3, -0.25) is 4.79 Å². The van der Waals surface area contributed by atoms with Crippen LogP contribution in [-0.4, -0.2) is 10.9 Å². The fraction of sp³-hybridized carbons (Fsp3) is 0.111. The zero-order valence-electron chi connectivity index (χ0n) is 12.5. The van der Waals surface area contributed by atoms with Gasteiger partial charge < -0.3 is 5.32 Å². The number of hydrogen-bond donors (Lipinski definition) is 1. The Morgan fingerprint density at radius 3 is 2.70 bits per heavy atom. The van der Waals surface area contributed by atoms with Gasteiger partial charge in [-0.15, -0.1) is 11.3 Å². The third-order valence-electron chi connectivity index (χ3n) is 3.43. The lowest BCUT2D eigenvalue weighted by molar-refractivity contribution is -0.115. The van der Waals surface area contributed by atoms with Gasteiger partial charge in [-0.25, -0.2) is 4.98 Å². The highest BCUT2D eigenvalue weighted by Crippen LogP contribution is 2.29. The first kappa shape index (κ1) is 15.9. The monoisotopic (exact) mass is 386 g/mol. The van der Waals surface area contributed by atoms with E-state index in [1.54, 1.807) is 0 Å². The van der Waals surface area contributed by atoms with Crippen LogP contribution in [0.5, 0.6) is 0 Å². The number of thiazole rings is 1. The Kier molecular flexibility index (Phi) is 4.88. The largest absolute Gasteiger partial charge is 0.325 e. The van der Waals surface area contributed by atoms with Crippen molar-refractivity contribution in [3.63, 3.8) is 0 Å². The number of anilines is 1. The standard InChI is InChI=1S/C18H15BrN2OS/c1-12-6-2-5-9-15(12)20-17(22)10-18-21-16(11-23-18)13-7-3-4-8-14(13)19/h2-9,11H,10H2,1H3,(H,20,22). The molecule has 0 bridgehead atoms. The first-order valence-corrected chi connectivity index (χ1v) is 8.85. The van der Waals surface area contributed by atoms with Gasteiger partial charge >= 0.3 is 0 Å². The number of hydrogen-bond acceptors (Lipinski definition) is 3.